The van der Waals surface area contributed by atoms with Crippen molar-refractivity contribution in [1.29, 1.82) is 0 Å². The Morgan fingerprint density at radius 2 is 1.71 bits per heavy atom. The van der Waals surface area contributed by atoms with E-state index in [0.29, 0.717) is 13.2 Å². The van der Waals surface area contributed by atoms with Gasteiger partial charge in [-0.05, 0) is 52.4 Å². The molecule has 1 aromatic carbocycles. The first-order valence-electron chi connectivity index (χ1n) is 7.44. The number of nitrogens with one attached hydrogen (secondary N) is 1. The lowest BCUT2D eigenvalue weighted by atomic mass is 10.0. The van der Waals surface area contributed by atoms with Crippen molar-refractivity contribution < 1.29 is 14.2 Å². The van der Waals surface area contributed by atoms with Crippen molar-refractivity contribution in [3.05, 3.63) is 29.8 Å². The summed E-state index contributed by atoms with van der Waals surface area (Å²) < 4.78 is 16.7. The largest absolute Gasteiger partial charge is 0.497 e. The summed E-state index contributed by atoms with van der Waals surface area (Å²) in [5.41, 5.74) is 1.06. The van der Waals surface area contributed by atoms with Crippen LogP contribution in [0.25, 0.3) is 0 Å². The Hall–Kier alpha value is -1.10. The molecule has 0 aliphatic carbocycles. The highest BCUT2D eigenvalue weighted by Crippen LogP contribution is 2.21. The Bertz CT molecular complexity index is 397. The van der Waals surface area contributed by atoms with Gasteiger partial charge in [-0.1, -0.05) is 12.1 Å². The zero-order valence-corrected chi connectivity index (χ0v) is 14.1. The average molecular weight is 295 g/mol. The molecule has 0 aliphatic heterocycles. The van der Waals surface area contributed by atoms with Crippen LogP contribution in [0, 0.1) is 0 Å². The zero-order valence-electron chi connectivity index (χ0n) is 14.1. The van der Waals surface area contributed by atoms with E-state index in [9.17, 15) is 0 Å². The summed E-state index contributed by atoms with van der Waals surface area (Å²) >= 11 is 0. The lowest BCUT2D eigenvalue weighted by molar-refractivity contribution is -0.0542. The second-order valence-electron chi connectivity index (χ2n) is 6.08. The molecule has 120 valence electrons. The molecule has 0 aromatic heterocycles. The van der Waals surface area contributed by atoms with Crippen LogP contribution in [-0.2, 0) is 9.47 Å². The fraction of sp³-hybridized carbons (Fsp3) is 0.647. The summed E-state index contributed by atoms with van der Waals surface area (Å²) in [5, 5.41) is 3.31. The molecule has 0 saturated heterocycles. The van der Waals surface area contributed by atoms with Crippen LogP contribution in [-0.4, -0.2) is 39.1 Å². The topological polar surface area (TPSA) is 39.7 Å². The highest BCUT2D eigenvalue weighted by molar-refractivity contribution is 5.29. The van der Waals surface area contributed by atoms with Gasteiger partial charge in [-0.25, -0.2) is 0 Å². The van der Waals surface area contributed by atoms with E-state index in [1.807, 2.05) is 40.0 Å². The Kier molecular flexibility index (Phi) is 7.15. The van der Waals surface area contributed by atoms with Gasteiger partial charge in [0, 0.05) is 0 Å². The normalized spacial score (nSPS) is 14.8. The molecule has 4 nitrogen and oxygen atoms in total. The Morgan fingerprint density at radius 1 is 1.10 bits per heavy atom. The Labute approximate surface area is 128 Å². The van der Waals surface area contributed by atoms with Crippen LogP contribution in [0.2, 0.25) is 0 Å². The molecule has 1 N–H and O–H groups in total. The monoisotopic (exact) mass is 295 g/mol. The van der Waals surface area contributed by atoms with E-state index in [2.05, 4.69) is 24.4 Å². The van der Waals surface area contributed by atoms with Gasteiger partial charge >= 0.3 is 0 Å². The molecule has 0 bridgehead atoms. The van der Waals surface area contributed by atoms with Gasteiger partial charge in [-0.3, -0.25) is 0 Å². The van der Waals surface area contributed by atoms with Gasteiger partial charge in [0.2, 0.25) is 0 Å². The van der Waals surface area contributed by atoms with Gasteiger partial charge in [0.15, 0.2) is 0 Å². The van der Waals surface area contributed by atoms with E-state index in [4.69, 9.17) is 14.2 Å². The third-order valence-electron chi connectivity index (χ3n) is 3.25. The number of rotatable bonds is 8. The number of hydrogen-bond donors (Lipinski definition) is 1. The van der Waals surface area contributed by atoms with E-state index >= 15 is 0 Å². The fourth-order valence-electron chi connectivity index (χ4n) is 2.16. The van der Waals surface area contributed by atoms with Crippen molar-refractivity contribution in [3.63, 3.8) is 0 Å². The van der Waals surface area contributed by atoms with Crippen molar-refractivity contribution in [1.82, 2.24) is 5.32 Å². The molecule has 21 heavy (non-hydrogen) atoms. The van der Waals surface area contributed by atoms with E-state index in [1.54, 1.807) is 7.11 Å². The van der Waals surface area contributed by atoms with Gasteiger partial charge in [-0.15, -0.1) is 0 Å². The molecule has 0 heterocycles. The summed E-state index contributed by atoms with van der Waals surface area (Å²) in [7, 11) is 3.62. The molecule has 0 radical (unpaired) electrons. The maximum absolute atomic E-state index is 5.88. The Morgan fingerprint density at radius 3 is 2.19 bits per heavy atom. The van der Waals surface area contributed by atoms with Gasteiger partial charge in [0.25, 0.3) is 0 Å². The van der Waals surface area contributed by atoms with Gasteiger partial charge in [-0.2, -0.15) is 0 Å². The molecule has 0 saturated carbocycles. The molecule has 1 rings (SSSR count). The molecule has 0 spiro atoms. The van der Waals surface area contributed by atoms with Crippen LogP contribution < -0.4 is 10.1 Å². The van der Waals surface area contributed by atoms with Crippen molar-refractivity contribution in [2.75, 3.05) is 27.4 Å². The first-order valence-corrected chi connectivity index (χ1v) is 7.44. The lowest BCUT2D eigenvalue weighted by Crippen LogP contribution is -2.31. The van der Waals surface area contributed by atoms with Crippen molar-refractivity contribution in [2.45, 2.75) is 45.4 Å². The van der Waals surface area contributed by atoms with Crippen LogP contribution in [0.4, 0.5) is 0 Å². The molecule has 4 heteroatoms. The average Bonchev–Trinajstić information content (AvgIpc) is 2.44. The minimum absolute atomic E-state index is 0.0620. The van der Waals surface area contributed by atoms with Crippen molar-refractivity contribution in [3.8, 4) is 5.75 Å². The van der Waals surface area contributed by atoms with Crippen molar-refractivity contribution >= 4 is 0 Å². The zero-order chi connectivity index (χ0) is 15.9. The number of hydrogen-bond acceptors (Lipinski definition) is 4. The Balaban J connectivity index is 2.50. The third-order valence-corrected chi connectivity index (χ3v) is 3.25. The van der Waals surface area contributed by atoms with E-state index < -0.39 is 0 Å². The van der Waals surface area contributed by atoms with Crippen molar-refractivity contribution in [2.24, 2.45) is 0 Å². The second-order valence-corrected chi connectivity index (χ2v) is 6.08. The molecule has 1 aromatic rings. The molecule has 0 amide bonds. The van der Waals surface area contributed by atoms with Crippen LogP contribution in [0.15, 0.2) is 24.3 Å². The molecule has 0 fully saturated rings. The summed E-state index contributed by atoms with van der Waals surface area (Å²) in [6.45, 7) is 9.40. The van der Waals surface area contributed by atoms with Gasteiger partial charge < -0.3 is 19.5 Å². The van der Waals surface area contributed by atoms with E-state index in [1.165, 1.54) is 5.56 Å². The quantitative estimate of drug-likeness (QED) is 0.748. The molecule has 0 aliphatic rings. The summed E-state index contributed by atoms with van der Waals surface area (Å²) in [4.78, 5) is 0. The second kappa shape index (κ2) is 8.37. The first-order chi connectivity index (χ1) is 9.87. The molecule has 2 unspecified atom stereocenters. The minimum Gasteiger partial charge on any atom is -0.497 e. The molecule has 2 atom stereocenters. The maximum Gasteiger partial charge on any atom is 0.118 e. The lowest BCUT2D eigenvalue weighted by Gasteiger charge is -2.25. The number of benzene rings is 1. The van der Waals surface area contributed by atoms with Crippen LogP contribution in [0.3, 0.4) is 0 Å². The summed E-state index contributed by atoms with van der Waals surface area (Å²) in [5.74, 6) is 0.862. The first kappa shape index (κ1) is 18.0. The standard InChI is InChI=1S/C17H29NO3/c1-13(20-11-12-21-17(2,3)4)16(18-5)14-7-9-15(19-6)10-8-14/h7-10,13,16,18H,11-12H2,1-6H3. The molecular weight excluding hydrogens is 266 g/mol. The maximum atomic E-state index is 5.88. The highest BCUT2D eigenvalue weighted by Gasteiger charge is 2.18. The third kappa shape index (κ3) is 6.46. The molecular formula is C17H29NO3. The summed E-state index contributed by atoms with van der Waals surface area (Å²) in [6.07, 6.45) is 0.0620. The van der Waals surface area contributed by atoms with Gasteiger partial charge in [0.05, 0.1) is 38.1 Å². The number of likely N-dealkylation sites (N-methyl/N-ethyl adjacent to an activating group) is 1. The van der Waals surface area contributed by atoms with Gasteiger partial charge in [0.1, 0.15) is 5.75 Å². The van der Waals surface area contributed by atoms with E-state index in [-0.39, 0.29) is 17.7 Å². The smallest absolute Gasteiger partial charge is 0.118 e. The predicted octanol–water partition coefficient (Wildman–Crippen LogP) is 3.18. The van der Waals surface area contributed by atoms with E-state index in [0.717, 1.165) is 5.75 Å². The van der Waals surface area contributed by atoms with Crippen LogP contribution >= 0.6 is 0 Å². The van der Waals surface area contributed by atoms with Crippen LogP contribution in [0.1, 0.15) is 39.3 Å². The SMILES string of the molecule is CNC(c1ccc(OC)cc1)C(C)OCCOC(C)(C)C. The number of ether oxygens (including phenoxy) is 3. The highest BCUT2D eigenvalue weighted by atomic mass is 16.5. The summed E-state index contributed by atoms with van der Waals surface area (Å²) in [6, 6.07) is 8.20. The van der Waals surface area contributed by atoms with Crippen LogP contribution in [0.5, 0.6) is 5.75 Å². The predicted molar refractivity (Wildman–Crippen MR) is 85.9 cm³/mol. The number of methoxy groups -OCH3 is 1. The fourth-order valence-corrected chi connectivity index (χ4v) is 2.16. The minimum atomic E-state index is -0.120.